The summed E-state index contributed by atoms with van der Waals surface area (Å²) < 4.78 is 4.91. The molecule has 11 heteroatoms. The Morgan fingerprint density at radius 3 is 2.59 bits per heavy atom. The van der Waals surface area contributed by atoms with Crippen molar-refractivity contribution in [3.8, 4) is 5.75 Å². The fourth-order valence-electron chi connectivity index (χ4n) is 2.71. The van der Waals surface area contributed by atoms with Gasteiger partial charge in [0.2, 0.25) is 5.91 Å². The summed E-state index contributed by atoms with van der Waals surface area (Å²) in [4.78, 5) is 50.1. The number of anilines is 1. The van der Waals surface area contributed by atoms with Crippen molar-refractivity contribution < 1.29 is 29.0 Å². The van der Waals surface area contributed by atoms with E-state index >= 15 is 0 Å². The van der Waals surface area contributed by atoms with Crippen LogP contribution in [0.1, 0.15) is 22.8 Å². The van der Waals surface area contributed by atoms with Crippen molar-refractivity contribution in [1.82, 2.24) is 4.90 Å². The summed E-state index contributed by atoms with van der Waals surface area (Å²) in [7, 11) is 0. The molecule has 32 heavy (non-hydrogen) atoms. The van der Waals surface area contributed by atoms with Crippen molar-refractivity contribution in [1.29, 1.82) is 0 Å². The molecule has 0 radical (unpaired) electrons. The maximum atomic E-state index is 12.6. The molecule has 3 amide bonds. The zero-order chi connectivity index (χ0) is 23.4. The molecule has 0 unspecified atom stereocenters. The third-order valence-electron chi connectivity index (χ3n) is 4.19. The number of esters is 1. The van der Waals surface area contributed by atoms with Gasteiger partial charge in [-0.1, -0.05) is 29.3 Å². The molecule has 0 aliphatic carbocycles. The molecule has 1 aliphatic heterocycles. The highest BCUT2D eigenvalue weighted by Gasteiger charge is 2.36. The molecule has 1 fully saturated rings. The zero-order valence-corrected chi connectivity index (χ0v) is 18.9. The van der Waals surface area contributed by atoms with Crippen LogP contribution in [0.15, 0.2) is 41.3 Å². The topological polar surface area (TPSA) is 113 Å². The van der Waals surface area contributed by atoms with Crippen LogP contribution in [-0.2, 0) is 14.3 Å². The van der Waals surface area contributed by atoms with Gasteiger partial charge in [-0.3, -0.25) is 19.3 Å². The van der Waals surface area contributed by atoms with E-state index in [9.17, 15) is 24.3 Å². The predicted molar refractivity (Wildman–Crippen MR) is 122 cm³/mol. The molecule has 1 aliphatic rings. The van der Waals surface area contributed by atoms with E-state index in [-0.39, 0.29) is 38.6 Å². The number of nitrogens with one attached hydrogen (secondary N) is 1. The van der Waals surface area contributed by atoms with Gasteiger partial charge in [-0.2, -0.15) is 0 Å². The van der Waals surface area contributed by atoms with Crippen LogP contribution in [0.2, 0.25) is 10.0 Å². The van der Waals surface area contributed by atoms with Crippen molar-refractivity contribution in [3.05, 3.63) is 62.5 Å². The number of imide groups is 1. The Kier molecular flexibility index (Phi) is 7.44. The lowest BCUT2D eigenvalue weighted by molar-refractivity contribution is -0.127. The first-order chi connectivity index (χ1) is 15.2. The summed E-state index contributed by atoms with van der Waals surface area (Å²) in [5.41, 5.74) is 0.840. The summed E-state index contributed by atoms with van der Waals surface area (Å²) in [6, 6.07) is 8.59. The Hall–Kier alpha value is -3.01. The van der Waals surface area contributed by atoms with Crippen molar-refractivity contribution in [3.63, 3.8) is 0 Å². The predicted octanol–water partition coefficient (Wildman–Crippen LogP) is 4.55. The number of halogens is 2. The normalized spacial score (nSPS) is 14.7. The molecular weight excluding hydrogens is 479 g/mol. The average molecular weight is 495 g/mol. The van der Waals surface area contributed by atoms with Gasteiger partial charge in [0.05, 0.1) is 27.1 Å². The average Bonchev–Trinajstić information content (AvgIpc) is 2.99. The molecule has 0 aromatic heterocycles. The zero-order valence-electron chi connectivity index (χ0n) is 16.6. The van der Waals surface area contributed by atoms with Crippen LogP contribution in [0.3, 0.4) is 0 Å². The number of hydrogen-bond donors (Lipinski definition) is 2. The number of phenolic OH excluding ortho intramolecular Hbond substituents is 1. The largest absolute Gasteiger partial charge is 0.506 e. The number of carbonyl (C=O) groups excluding carboxylic acids is 4. The first kappa shape index (κ1) is 23.6. The van der Waals surface area contributed by atoms with Crippen molar-refractivity contribution in [2.75, 3.05) is 18.5 Å². The van der Waals surface area contributed by atoms with Gasteiger partial charge in [0.15, 0.2) is 0 Å². The smallest absolute Gasteiger partial charge is 0.339 e. The number of carbonyl (C=O) groups is 4. The minimum atomic E-state index is -0.640. The molecule has 8 nitrogen and oxygen atoms in total. The van der Waals surface area contributed by atoms with E-state index in [4.69, 9.17) is 27.9 Å². The van der Waals surface area contributed by atoms with E-state index in [0.717, 1.165) is 4.90 Å². The first-order valence-electron chi connectivity index (χ1n) is 9.20. The molecule has 1 saturated heterocycles. The molecule has 0 spiro atoms. The number of nitrogens with zero attached hydrogens (tertiary/aromatic N) is 1. The monoisotopic (exact) mass is 494 g/mol. The quantitative estimate of drug-likeness (QED) is 0.447. The lowest BCUT2D eigenvalue weighted by Crippen LogP contribution is -2.36. The second kappa shape index (κ2) is 10.1. The third-order valence-corrected chi connectivity index (χ3v) is 5.73. The van der Waals surface area contributed by atoms with Gasteiger partial charge in [-0.25, -0.2) is 4.79 Å². The molecule has 0 atom stereocenters. The summed E-state index contributed by atoms with van der Waals surface area (Å²) in [6.45, 7) is 1.29. The van der Waals surface area contributed by atoms with E-state index in [1.54, 1.807) is 6.92 Å². The molecule has 2 aromatic carbocycles. The number of hydrogen-bond acceptors (Lipinski definition) is 7. The van der Waals surface area contributed by atoms with Crippen LogP contribution < -0.4 is 5.32 Å². The second-order valence-electron chi connectivity index (χ2n) is 6.44. The summed E-state index contributed by atoms with van der Waals surface area (Å²) >= 11 is 12.5. The number of benzene rings is 2. The fourth-order valence-corrected chi connectivity index (χ4v) is 3.94. The molecule has 0 bridgehead atoms. The molecular formula is C21H16Cl2N2O6S. The Morgan fingerprint density at radius 2 is 1.91 bits per heavy atom. The molecule has 1 heterocycles. The van der Waals surface area contributed by atoms with Crippen LogP contribution >= 0.6 is 35.0 Å². The highest BCUT2D eigenvalue weighted by atomic mass is 35.5. The second-order valence-corrected chi connectivity index (χ2v) is 8.25. The van der Waals surface area contributed by atoms with Crippen molar-refractivity contribution >= 4 is 69.8 Å². The summed E-state index contributed by atoms with van der Waals surface area (Å²) in [5, 5.41) is 11.7. The lowest BCUT2D eigenvalue weighted by atomic mass is 10.2. The van der Waals surface area contributed by atoms with Crippen molar-refractivity contribution in [2.45, 2.75) is 6.92 Å². The lowest BCUT2D eigenvalue weighted by Gasteiger charge is -2.13. The molecule has 2 N–H and O–H groups in total. The SMILES string of the molecule is CCOC(=O)c1cc(NC(=O)CN2C(=O)S/C(=C/c3ccc(O)c(Cl)c3)C2=O)ccc1Cl. The number of phenols is 1. The van der Waals surface area contributed by atoms with Gasteiger partial charge in [-0.15, -0.1) is 0 Å². The maximum absolute atomic E-state index is 12.6. The van der Waals surface area contributed by atoms with E-state index < -0.39 is 29.6 Å². The van der Waals surface area contributed by atoms with Gasteiger partial charge in [0, 0.05) is 5.69 Å². The van der Waals surface area contributed by atoms with Gasteiger partial charge < -0.3 is 15.2 Å². The molecule has 3 rings (SSSR count). The minimum Gasteiger partial charge on any atom is -0.506 e. The number of ether oxygens (including phenoxy) is 1. The minimum absolute atomic E-state index is 0.0768. The molecule has 0 saturated carbocycles. The fraction of sp³-hybridized carbons (Fsp3) is 0.143. The number of rotatable bonds is 6. The highest BCUT2D eigenvalue weighted by molar-refractivity contribution is 8.18. The van der Waals surface area contributed by atoms with E-state index in [1.807, 2.05) is 0 Å². The van der Waals surface area contributed by atoms with Gasteiger partial charge in [0.25, 0.3) is 11.1 Å². The third kappa shape index (κ3) is 5.42. The van der Waals surface area contributed by atoms with Crippen LogP contribution in [-0.4, -0.2) is 46.2 Å². The van der Waals surface area contributed by atoms with Crippen LogP contribution in [0.4, 0.5) is 10.5 Å². The molecule has 2 aromatic rings. The Morgan fingerprint density at radius 1 is 1.16 bits per heavy atom. The van der Waals surface area contributed by atoms with Crippen LogP contribution in [0.5, 0.6) is 5.75 Å². The number of amides is 3. The van der Waals surface area contributed by atoms with Gasteiger partial charge in [0.1, 0.15) is 12.3 Å². The number of aromatic hydroxyl groups is 1. The number of thioether (sulfide) groups is 1. The van der Waals surface area contributed by atoms with Gasteiger partial charge in [-0.05, 0) is 60.7 Å². The Balaban J connectivity index is 1.70. The van der Waals surface area contributed by atoms with Crippen molar-refractivity contribution in [2.24, 2.45) is 0 Å². The summed E-state index contributed by atoms with van der Waals surface area (Å²) in [5.74, 6) is -2.03. The van der Waals surface area contributed by atoms with Crippen LogP contribution in [0, 0.1) is 0 Å². The Bertz CT molecular complexity index is 1150. The molecule has 166 valence electrons. The maximum Gasteiger partial charge on any atom is 0.339 e. The summed E-state index contributed by atoms with van der Waals surface area (Å²) in [6.07, 6.45) is 1.44. The van der Waals surface area contributed by atoms with Crippen LogP contribution in [0.25, 0.3) is 6.08 Å². The highest BCUT2D eigenvalue weighted by Crippen LogP contribution is 2.33. The van der Waals surface area contributed by atoms with E-state index in [2.05, 4.69) is 5.32 Å². The van der Waals surface area contributed by atoms with E-state index in [1.165, 1.54) is 42.5 Å². The van der Waals surface area contributed by atoms with Gasteiger partial charge >= 0.3 is 5.97 Å². The van der Waals surface area contributed by atoms with E-state index in [0.29, 0.717) is 17.3 Å². The standard InChI is InChI=1S/C21H16Cl2N2O6S/c1-2-31-20(29)13-9-12(4-5-14(13)22)24-18(27)10-25-19(28)17(32-21(25)30)8-11-3-6-16(26)15(23)7-11/h3-9,26H,2,10H2,1H3,(H,24,27)/b17-8+. The Labute approximate surface area is 197 Å². The first-order valence-corrected chi connectivity index (χ1v) is 10.8.